The van der Waals surface area contributed by atoms with Gasteiger partial charge in [-0.15, -0.1) is 0 Å². The third-order valence-electron chi connectivity index (χ3n) is 7.04. The van der Waals surface area contributed by atoms with Crippen molar-refractivity contribution in [3.63, 3.8) is 0 Å². The number of anilines is 3. The van der Waals surface area contributed by atoms with Crippen LogP contribution in [0.4, 0.5) is 17.5 Å². The molecule has 0 aliphatic heterocycles. The Kier molecular flexibility index (Phi) is 5.27. The minimum Gasteiger partial charge on any atom is -0.368 e. The minimum absolute atomic E-state index is 0.207. The first-order chi connectivity index (χ1) is 14.7. The van der Waals surface area contributed by atoms with Crippen LogP contribution in [-0.2, 0) is 4.79 Å². The second kappa shape index (κ2) is 8.20. The van der Waals surface area contributed by atoms with Crippen molar-refractivity contribution in [1.82, 2.24) is 20.3 Å². The average Bonchev–Trinajstić information content (AvgIpc) is 2.71. The first-order valence-corrected chi connectivity index (χ1v) is 11.2. The smallest absolute Gasteiger partial charge is 0.220 e. The molecule has 0 atom stereocenters. The number of pyridine rings is 1. The molecule has 4 aliphatic rings. The molecule has 4 aliphatic carbocycles. The lowest BCUT2D eigenvalue weighted by Crippen LogP contribution is -2.48. The van der Waals surface area contributed by atoms with Crippen LogP contribution in [0.2, 0.25) is 0 Å². The molecule has 4 fully saturated rings. The van der Waals surface area contributed by atoms with E-state index >= 15 is 0 Å². The summed E-state index contributed by atoms with van der Waals surface area (Å²) in [6, 6.07) is 7.51. The predicted molar refractivity (Wildman–Crippen MR) is 116 cm³/mol. The van der Waals surface area contributed by atoms with Crippen molar-refractivity contribution in [3.8, 4) is 0 Å². The van der Waals surface area contributed by atoms with Crippen molar-refractivity contribution in [3.05, 3.63) is 36.8 Å². The van der Waals surface area contributed by atoms with E-state index in [0.717, 1.165) is 29.4 Å². The van der Waals surface area contributed by atoms with Crippen LogP contribution in [0.25, 0.3) is 0 Å². The summed E-state index contributed by atoms with van der Waals surface area (Å²) in [5.41, 5.74) is 0.297. The van der Waals surface area contributed by atoms with E-state index in [4.69, 9.17) is 0 Å². The van der Waals surface area contributed by atoms with E-state index < -0.39 is 0 Å². The van der Waals surface area contributed by atoms with Crippen LogP contribution in [-0.4, -0.2) is 33.9 Å². The minimum atomic E-state index is 0.207. The number of hydrogen-bond donors (Lipinski definition) is 3. The third-order valence-corrected chi connectivity index (χ3v) is 7.04. The number of amides is 1. The number of rotatable bonds is 8. The van der Waals surface area contributed by atoms with Crippen LogP contribution in [0.15, 0.2) is 36.8 Å². The molecule has 30 heavy (non-hydrogen) atoms. The van der Waals surface area contributed by atoms with Gasteiger partial charge in [-0.1, -0.05) is 6.07 Å². The predicted octanol–water partition coefficient (Wildman–Crippen LogP) is 3.75. The molecule has 0 unspecified atom stereocenters. The standard InChI is InChI=1S/C23H30N6O/c30-22(14-23-11-16-7-17(12-23)9-18(8-16)13-23)26-6-5-25-20-10-21(28-15-27-20)29-19-3-1-2-4-24-19/h1-4,10,15-18H,5-9,11-14H2,(H,26,30)(H2,24,25,27,28,29). The summed E-state index contributed by atoms with van der Waals surface area (Å²) >= 11 is 0. The van der Waals surface area contributed by atoms with Gasteiger partial charge in [-0.05, 0) is 73.8 Å². The lowest BCUT2D eigenvalue weighted by Gasteiger charge is -2.56. The Morgan fingerprint density at radius 2 is 1.67 bits per heavy atom. The molecule has 3 N–H and O–H groups in total. The lowest BCUT2D eigenvalue weighted by atomic mass is 9.49. The molecule has 7 nitrogen and oxygen atoms in total. The molecule has 158 valence electrons. The second-order valence-electron chi connectivity index (χ2n) is 9.50. The van der Waals surface area contributed by atoms with E-state index in [1.807, 2.05) is 24.3 Å². The van der Waals surface area contributed by atoms with Gasteiger partial charge in [0, 0.05) is 31.8 Å². The highest BCUT2D eigenvalue weighted by Crippen LogP contribution is 2.61. The monoisotopic (exact) mass is 406 g/mol. The topological polar surface area (TPSA) is 91.8 Å². The molecule has 0 radical (unpaired) electrons. The summed E-state index contributed by atoms with van der Waals surface area (Å²) in [4.78, 5) is 25.3. The van der Waals surface area contributed by atoms with Gasteiger partial charge in [0.05, 0.1) is 0 Å². The fourth-order valence-electron chi connectivity index (χ4n) is 6.39. The fourth-order valence-corrected chi connectivity index (χ4v) is 6.39. The summed E-state index contributed by atoms with van der Waals surface area (Å²) in [5.74, 6) is 5.00. The first kappa shape index (κ1) is 19.3. The Hall–Kier alpha value is -2.70. The average molecular weight is 407 g/mol. The van der Waals surface area contributed by atoms with Gasteiger partial charge in [0.1, 0.15) is 23.8 Å². The quantitative estimate of drug-likeness (QED) is 0.578. The van der Waals surface area contributed by atoms with Crippen LogP contribution in [0.3, 0.4) is 0 Å². The zero-order valence-corrected chi connectivity index (χ0v) is 17.3. The van der Waals surface area contributed by atoms with Gasteiger partial charge in [0.25, 0.3) is 0 Å². The van der Waals surface area contributed by atoms with Crippen LogP contribution >= 0.6 is 0 Å². The van der Waals surface area contributed by atoms with E-state index in [-0.39, 0.29) is 5.91 Å². The van der Waals surface area contributed by atoms with Crippen LogP contribution in [0.5, 0.6) is 0 Å². The molecule has 0 saturated heterocycles. The SMILES string of the molecule is O=C(CC12CC3CC(CC(C3)C1)C2)NCCNc1cc(Nc2ccccn2)ncn1. The maximum atomic E-state index is 12.6. The second-order valence-corrected chi connectivity index (χ2v) is 9.50. The highest BCUT2D eigenvalue weighted by atomic mass is 16.1. The van der Waals surface area contributed by atoms with E-state index in [0.29, 0.717) is 30.7 Å². The molecular weight excluding hydrogens is 376 g/mol. The van der Waals surface area contributed by atoms with Crippen LogP contribution in [0, 0.1) is 23.2 Å². The molecule has 1 amide bonds. The maximum Gasteiger partial charge on any atom is 0.220 e. The molecule has 2 aromatic heterocycles. The molecule has 4 saturated carbocycles. The highest BCUT2D eigenvalue weighted by Gasteiger charge is 2.51. The van der Waals surface area contributed by atoms with Crippen molar-refractivity contribution in [1.29, 1.82) is 0 Å². The van der Waals surface area contributed by atoms with Crippen molar-refractivity contribution in [2.45, 2.75) is 44.9 Å². The maximum absolute atomic E-state index is 12.6. The molecule has 2 heterocycles. The molecular formula is C23H30N6O. The Bertz CT molecular complexity index is 851. The van der Waals surface area contributed by atoms with Crippen molar-refractivity contribution < 1.29 is 4.79 Å². The molecule has 0 aromatic carbocycles. The first-order valence-electron chi connectivity index (χ1n) is 11.2. The Morgan fingerprint density at radius 1 is 0.933 bits per heavy atom. The van der Waals surface area contributed by atoms with Gasteiger partial charge in [-0.3, -0.25) is 4.79 Å². The number of carbonyl (C=O) groups excluding carboxylic acids is 1. The van der Waals surface area contributed by atoms with E-state index in [9.17, 15) is 4.79 Å². The summed E-state index contributed by atoms with van der Waals surface area (Å²) in [7, 11) is 0. The summed E-state index contributed by atoms with van der Waals surface area (Å²) < 4.78 is 0. The number of aromatic nitrogens is 3. The molecule has 0 spiro atoms. The molecule has 7 heteroatoms. The number of carbonyl (C=O) groups is 1. The Morgan fingerprint density at radius 3 is 2.37 bits per heavy atom. The van der Waals surface area contributed by atoms with Gasteiger partial charge >= 0.3 is 0 Å². The highest BCUT2D eigenvalue weighted by molar-refractivity contribution is 5.76. The van der Waals surface area contributed by atoms with Crippen molar-refractivity contribution >= 4 is 23.4 Å². The largest absolute Gasteiger partial charge is 0.368 e. The van der Waals surface area contributed by atoms with Gasteiger partial charge in [0.2, 0.25) is 5.91 Å². The summed E-state index contributed by atoms with van der Waals surface area (Å²) in [6.07, 6.45) is 12.0. The van der Waals surface area contributed by atoms with Gasteiger partial charge < -0.3 is 16.0 Å². The summed E-state index contributed by atoms with van der Waals surface area (Å²) in [5, 5.41) is 9.52. The zero-order valence-electron chi connectivity index (χ0n) is 17.3. The van der Waals surface area contributed by atoms with Gasteiger partial charge in [0.15, 0.2) is 0 Å². The van der Waals surface area contributed by atoms with E-state index in [1.165, 1.54) is 44.9 Å². The zero-order chi connectivity index (χ0) is 20.4. The van der Waals surface area contributed by atoms with Crippen molar-refractivity contribution in [2.75, 3.05) is 23.7 Å². The lowest BCUT2D eigenvalue weighted by molar-refractivity contribution is -0.129. The van der Waals surface area contributed by atoms with Gasteiger partial charge in [-0.2, -0.15) is 0 Å². The third kappa shape index (κ3) is 4.40. The van der Waals surface area contributed by atoms with Gasteiger partial charge in [-0.25, -0.2) is 15.0 Å². The molecule has 4 bridgehead atoms. The number of nitrogens with one attached hydrogen (secondary N) is 3. The number of hydrogen-bond acceptors (Lipinski definition) is 6. The normalized spacial score (nSPS) is 28.9. The van der Waals surface area contributed by atoms with E-state index in [2.05, 4.69) is 30.9 Å². The fraction of sp³-hybridized carbons (Fsp3) is 0.565. The van der Waals surface area contributed by atoms with Crippen molar-refractivity contribution in [2.24, 2.45) is 23.2 Å². The Balaban J connectivity index is 1.07. The Labute approximate surface area is 177 Å². The molecule has 2 aromatic rings. The summed E-state index contributed by atoms with van der Waals surface area (Å²) in [6.45, 7) is 1.23. The van der Waals surface area contributed by atoms with E-state index in [1.54, 1.807) is 6.20 Å². The van der Waals surface area contributed by atoms with Crippen LogP contribution in [0.1, 0.15) is 44.9 Å². The van der Waals surface area contributed by atoms with Crippen LogP contribution < -0.4 is 16.0 Å². The molecule has 6 rings (SSSR count). The number of nitrogens with zero attached hydrogens (tertiary/aromatic N) is 3.